The molecule has 0 bridgehead atoms. The van der Waals surface area contributed by atoms with Crippen molar-refractivity contribution in [3.05, 3.63) is 141 Å². The minimum atomic E-state index is -1.31. The molecule has 3 heteroatoms. The number of rotatable bonds is 3. The van der Waals surface area contributed by atoms with Crippen molar-refractivity contribution in [2.24, 2.45) is 0 Å². The minimum absolute atomic E-state index is 0.869. The summed E-state index contributed by atoms with van der Waals surface area (Å²) in [6.07, 6.45) is 4.19. The van der Waals surface area contributed by atoms with Gasteiger partial charge in [-0.15, -0.1) is 0 Å². The Bertz CT molecular complexity index is 1570. The molecule has 164 valence electrons. The maximum absolute atomic E-state index is 12.7. The predicted molar refractivity (Wildman–Crippen MR) is 146 cm³/mol. The Morgan fingerprint density at radius 3 is 2.12 bits per heavy atom. The van der Waals surface area contributed by atoms with Crippen LogP contribution in [0.15, 0.2) is 123 Å². The molecule has 0 aromatic heterocycles. The molecule has 6 rings (SSSR count). The van der Waals surface area contributed by atoms with E-state index in [1.54, 1.807) is 11.8 Å². The highest BCUT2D eigenvalue weighted by Crippen LogP contribution is 2.48. The van der Waals surface area contributed by atoms with E-state index in [1.165, 1.54) is 15.7 Å². The molecule has 5 aromatic carbocycles. The normalized spacial score (nSPS) is 16.6. The van der Waals surface area contributed by atoms with E-state index in [0.717, 1.165) is 37.2 Å². The molecule has 0 saturated heterocycles. The Balaban J connectivity index is 1.60. The Labute approximate surface area is 211 Å². The first-order valence-corrected chi connectivity index (χ1v) is 12.8. The molecule has 0 aliphatic heterocycles. The van der Waals surface area contributed by atoms with Gasteiger partial charge in [0.15, 0.2) is 0 Å². The van der Waals surface area contributed by atoms with Crippen molar-refractivity contribution in [1.29, 1.82) is 0 Å². The smallest absolute Gasteiger partial charge is 0.142 e. The molecular formula is C31H21BrOS. The Hall–Kier alpha value is -3.11. The van der Waals surface area contributed by atoms with Crippen LogP contribution in [-0.4, -0.2) is 5.11 Å². The van der Waals surface area contributed by atoms with Gasteiger partial charge in [0.2, 0.25) is 0 Å². The number of aliphatic hydroxyl groups is 1. The average molecular weight is 521 g/mol. The molecule has 1 atom stereocenters. The maximum Gasteiger partial charge on any atom is 0.142 e. The number of benzene rings is 5. The van der Waals surface area contributed by atoms with Crippen LogP contribution in [0.2, 0.25) is 0 Å². The van der Waals surface area contributed by atoms with Crippen LogP contribution in [0, 0.1) is 0 Å². The van der Waals surface area contributed by atoms with Crippen LogP contribution < -0.4 is 0 Å². The summed E-state index contributed by atoms with van der Waals surface area (Å²) in [5, 5.41) is 15.2. The summed E-state index contributed by atoms with van der Waals surface area (Å²) in [5.41, 5.74) is 3.34. The van der Waals surface area contributed by atoms with Gasteiger partial charge in [0, 0.05) is 25.4 Å². The second-order valence-corrected chi connectivity index (χ2v) is 10.4. The van der Waals surface area contributed by atoms with E-state index in [-0.39, 0.29) is 0 Å². The lowest BCUT2D eigenvalue weighted by Crippen LogP contribution is -2.31. The largest absolute Gasteiger partial charge is 0.376 e. The molecule has 0 saturated carbocycles. The quantitative estimate of drug-likeness (QED) is 0.257. The predicted octanol–water partition coefficient (Wildman–Crippen LogP) is 8.52. The van der Waals surface area contributed by atoms with Gasteiger partial charge in [-0.1, -0.05) is 125 Å². The van der Waals surface area contributed by atoms with Gasteiger partial charge in [0.25, 0.3) is 0 Å². The lowest BCUT2D eigenvalue weighted by molar-refractivity contribution is 0.122. The van der Waals surface area contributed by atoms with Crippen LogP contribution >= 0.6 is 27.7 Å². The Kier molecular flexibility index (Phi) is 5.41. The summed E-state index contributed by atoms with van der Waals surface area (Å²) in [4.78, 5) is 2.20. The summed E-state index contributed by atoms with van der Waals surface area (Å²) in [6, 6.07) is 37.3. The van der Waals surface area contributed by atoms with E-state index in [1.807, 2.05) is 42.5 Å². The molecule has 0 amide bonds. The number of fused-ring (bicyclic) bond motifs is 3. The standard InChI is InChI=1S/C31H21BrOS/c32-24-19-18-23-17-16-22-9-2-4-12-26(22)31(33,28(23)20-24)27-13-5-6-14-30(27)34-29-15-7-10-21-8-1-3-11-25(21)29/h1-20,33H. The monoisotopic (exact) mass is 520 g/mol. The molecular weight excluding hydrogens is 500 g/mol. The summed E-state index contributed by atoms with van der Waals surface area (Å²) < 4.78 is 0.941. The molecule has 0 spiro atoms. The summed E-state index contributed by atoms with van der Waals surface area (Å²) in [7, 11) is 0. The second kappa shape index (κ2) is 8.59. The zero-order valence-corrected chi connectivity index (χ0v) is 20.7. The molecule has 0 radical (unpaired) electrons. The van der Waals surface area contributed by atoms with Gasteiger partial charge in [0.1, 0.15) is 5.60 Å². The zero-order chi connectivity index (χ0) is 23.1. The highest BCUT2D eigenvalue weighted by Gasteiger charge is 2.39. The van der Waals surface area contributed by atoms with Gasteiger partial charge in [0.05, 0.1) is 0 Å². The minimum Gasteiger partial charge on any atom is -0.376 e. The van der Waals surface area contributed by atoms with Crippen molar-refractivity contribution in [2.75, 3.05) is 0 Å². The topological polar surface area (TPSA) is 20.2 Å². The fraction of sp³-hybridized carbons (Fsp3) is 0.0323. The number of hydrogen-bond donors (Lipinski definition) is 1. The molecule has 1 aliphatic rings. The number of halogens is 1. The summed E-state index contributed by atoms with van der Waals surface area (Å²) in [6.45, 7) is 0. The average Bonchev–Trinajstić information content (AvgIpc) is 3.00. The molecule has 0 heterocycles. The van der Waals surface area contributed by atoms with Crippen LogP contribution in [0.25, 0.3) is 22.9 Å². The first-order chi connectivity index (χ1) is 16.6. The van der Waals surface area contributed by atoms with Gasteiger partial charge < -0.3 is 5.11 Å². The van der Waals surface area contributed by atoms with Gasteiger partial charge in [-0.3, -0.25) is 0 Å². The van der Waals surface area contributed by atoms with Gasteiger partial charge >= 0.3 is 0 Å². The van der Waals surface area contributed by atoms with Crippen molar-refractivity contribution >= 4 is 50.6 Å². The molecule has 1 N–H and O–H groups in total. The first kappa shape index (κ1) is 21.4. The van der Waals surface area contributed by atoms with Crippen molar-refractivity contribution in [1.82, 2.24) is 0 Å². The number of hydrogen-bond acceptors (Lipinski definition) is 2. The maximum atomic E-state index is 12.7. The third kappa shape index (κ3) is 3.52. The Morgan fingerprint density at radius 2 is 1.24 bits per heavy atom. The van der Waals surface area contributed by atoms with Gasteiger partial charge in [-0.05, 0) is 51.7 Å². The second-order valence-electron chi connectivity index (χ2n) is 8.44. The van der Waals surface area contributed by atoms with Crippen LogP contribution in [0.4, 0.5) is 0 Å². The van der Waals surface area contributed by atoms with E-state index in [9.17, 15) is 5.11 Å². The third-order valence-electron chi connectivity index (χ3n) is 6.44. The van der Waals surface area contributed by atoms with Gasteiger partial charge in [-0.2, -0.15) is 0 Å². The van der Waals surface area contributed by atoms with Crippen molar-refractivity contribution < 1.29 is 5.11 Å². The first-order valence-electron chi connectivity index (χ1n) is 11.2. The fourth-order valence-electron chi connectivity index (χ4n) is 4.83. The van der Waals surface area contributed by atoms with Crippen LogP contribution in [0.5, 0.6) is 0 Å². The van der Waals surface area contributed by atoms with Crippen LogP contribution in [0.1, 0.15) is 27.8 Å². The highest BCUT2D eigenvalue weighted by molar-refractivity contribution is 9.10. The van der Waals surface area contributed by atoms with E-state index >= 15 is 0 Å². The molecule has 1 aliphatic carbocycles. The summed E-state index contributed by atoms with van der Waals surface area (Å²) in [5.74, 6) is 0. The van der Waals surface area contributed by atoms with Crippen LogP contribution in [-0.2, 0) is 5.60 Å². The van der Waals surface area contributed by atoms with E-state index in [0.29, 0.717) is 0 Å². The van der Waals surface area contributed by atoms with E-state index in [4.69, 9.17) is 0 Å². The van der Waals surface area contributed by atoms with Gasteiger partial charge in [-0.25, -0.2) is 0 Å². The fourth-order valence-corrected chi connectivity index (χ4v) is 6.34. The molecule has 5 aromatic rings. The molecule has 0 fully saturated rings. The lowest BCUT2D eigenvalue weighted by Gasteiger charge is -2.33. The molecule has 34 heavy (non-hydrogen) atoms. The van der Waals surface area contributed by atoms with Crippen molar-refractivity contribution in [3.8, 4) is 0 Å². The Morgan fingerprint density at radius 1 is 0.588 bits per heavy atom. The van der Waals surface area contributed by atoms with Crippen molar-refractivity contribution in [3.63, 3.8) is 0 Å². The van der Waals surface area contributed by atoms with Crippen LogP contribution in [0.3, 0.4) is 0 Å². The van der Waals surface area contributed by atoms with E-state index in [2.05, 4.69) is 94.8 Å². The third-order valence-corrected chi connectivity index (χ3v) is 8.09. The van der Waals surface area contributed by atoms with Crippen molar-refractivity contribution in [2.45, 2.75) is 15.4 Å². The highest BCUT2D eigenvalue weighted by atomic mass is 79.9. The molecule has 1 unspecified atom stereocenters. The molecule has 1 nitrogen and oxygen atoms in total. The zero-order valence-electron chi connectivity index (χ0n) is 18.3. The lowest BCUT2D eigenvalue weighted by atomic mass is 9.78. The van der Waals surface area contributed by atoms with E-state index < -0.39 is 5.60 Å². The summed E-state index contributed by atoms with van der Waals surface area (Å²) >= 11 is 5.34. The SMILES string of the molecule is OC1(c2ccccc2Sc2cccc3ccccc23)c2ccccc2C=Cc2ccc(Br)cc21.